The van der Waals surface area contributed by atoms with E-state index in [0.717, 1.165) is 6.07 Å². The van der Waals surface area contributed by atoms with Crippen molar-refractivity contribution >= 4 is 23.3 Å². The molecule has 0 saturated carbocycles. The van der Waals surface area contributed by atoms with Crippen molar-refractivity contribution in [2.24, 2.45) is 0 Å². The molecule has 1 rings (SSSR count). The second-order valence-electron chi connectivity index (χ2n) is 2.57. The van der Waals surface area contributed by atoms with Crippen molar-refractivity contribution in [2.45, 2.75) is 6.92 Å². The van der Waals surface area contributed by atoms with Gasteiger partial charge in [-0.25, -0.2) is 9.18 Å². The van der Waals surface area contributed by atoms with Gasteiger partial charge < -0.3 is 10.5 Å². The van der Waals surface area contributed by atoms with Gasteiger partial charge in [-0.1, -0.05) is 11.6 Å². The first-order valence-electron chi connectivity index (χ1n) is 3.98. The average Bonchev–Trinajstić information content (AvgIpc) is 2.11. The van der Waals surface area contributed by atoms with Gasteiger partial charge in [0.1, 0.15) is 5.82 Å². The van der Waals surface area contributed by atoms with E-state index in [4.69, 9.17) is 17.3 Å². The molecule has 14 heavy (non-hydrogen) atoms. The molecule has 0 saturated heterocycles. The smallest absolute Gasteiger partial charge is 0.340 e. The first-order chi connectivity index (χ1) is 6.56. The molecule has 5 heteroatoms. The Labute approximate surface area is 85.6 Å². The van der Waals surface area contributed by atoms with E-state index in [-0.39, 0.29) is 22.9 Å². The standard InChI is InChI=1S/C9H9ClFNO2/c1-2-14-9(13)6-3-5(10)4-7(11)8(6)12/h3-4H,2,12H2,1H3. The molecule has 0 heterocycles. The van der Waals surface area contributed by atoms with Gasteiger partial charge in [0.15, 0.2) is 0 Å². The van der Waals surface area contributed by atoms with Gasteiger partial charge in [0.25, 0.3) is 0 Å². The number of rotatable bonds is 2. The minimum atomic E-state index is -0.722. The number of carbonyl (C=O) groups excluding carboxylic acids is 1. The summed E-state index contributed by atoms with van der Waals surface area (Å²) in [7, 11) is 0. The Morgan fingerprint density at radius 1 is 1.64 bits per heavy atom. The van der Waals surface area contributed by atoms with Crippen LogP contribution in [0.5, 0.6) is 0 Å². The number of anilines is 1. The summed E-state index contributed by atoms with van der Waals surface area (Å²) in [5, 5.41) is 0.111. The Bertz CT molecular complexity index is 368. The summed E-state index contributed by atoms with van der Waals surface area (Å²) < 4.78 is 17.7. The number of esters is 1. The van der Waals surface area contributed by atoms with E-state index in [2.05, 4.69) is 4.74 Å². The van der Waals surface area contributed by atoms with Crippen molar-refractivity contribution in [2.75, 3.05) is 12.3 Å². The molecule has 3 nitrogen and oxygen atoms in total. The molecule has 0 aliphatic carbocycles. The van der Waals surface area contributed by atoms with Gasteiger partial charge in [0.2, 0.25) is 0 Å². The zero-order valence-corrected chi connectivity index (χ0v) is 8.27. The van der Waals surface area contributed by atoms with E-state index in [1.165, 1.54) is 6.07 Å². The lowest BCUT2D eigenvalue weighted by molar-refractivity contribution is 0.0527. The van der Waals surface area contributed by atoms with Crippen LogP contribution in [0.15, 0.2) is 12.1 Å². The van der Waals surface area contributed by atoms with Crippen LogP contribution in [-0.2, 0) is 4.74 Å². The third-order valence-electron chi connectivity index (χ3n) is 1.59. The summed E-state index contributed by atoms with van der Waals surface area (Å²) in [6.07, 6.45) is 0. The Hall–Kier alpha value is -1.29. The van der Waals surface area contributed by atoms with Gasteiger partial charge in [0.05, 0.1) is 17.9 Å². The molecule has 1 aromatic rings. The second kappa shape index (κ2) is 4.28. The summed E-state index contributed by atoms with van der Waals surface area (Å²) in [5.74, 6) is -1.40. The number of nitrogen functional groups attached to an aromatic ring is 1. The summed E-state index contributed by atoms with van der Waals surface area (Å²) in [6.45, 7) is 1.85. The van der Waals surface area contributed by atoms with Gasteiger partial charge >= 0.3 is 5.97 Å². The first-order valence-corrected chi connectivity index (χ1v) is 4.35. The van der Waals surface area contributed by atoms with Crippen LogP contribution in [0.1, 0.15) is 17.3 Å². The number of carbonyl (C=O) groups is 1. The molecule has 0 unspecified atom stereocenters. The van der Waals surface area contributed by atoms with Gasteiger partial charge in [-0.15, -0.1) is 0 Å². The number of hydrogen-bond acceptors (Lipinski definition) is 3. The van der Waals surface area contributed by atoms with Crippen molar-refractivity contribution in [3.05, 3.63) is 28.5 Å². The van der Waals surface area contributed by atoms with E-state index in [0.29, 0.717) is 0 Å². The fraction of sp³-hybridized carbons (Fsp3) is 0.222. The number of ether oxygens (including phenoxy) is 1. The Morgan fingerprint density at radius 2 is 2.29 bits per heavy atom. The van der Waals surface area contributed by atoms with Crippen LogP contribution in [0, 0.1) is 5.82 Å². The molecule has 2 N–H and O–H groups in total. The molecule has 0 spiro atoms. The van der Waals surface area contributed by atoms with Gasteiger partial charge in [0, 0.05) is 5.02 Å². The predicted molar refractivity (Wildman–Crippen MR) is 51.8 cm³/mol. The molecule has 0 aromatic heterocycles. The number of nitrogens with two attached hydrogens (primary N) is 1. The topological polar surface area (TPSA) is 52.3 Å². The first kappa shape index (κ1) is 10.8. The van der Waals surface area contributed by atoms with Crippen LogP contribution in [-0.4, -0.2) is 12.6 Å². The molecule has 0 aliphatic heterocycles. The lowest BCUT2D eigenvalue weighted by atomic mass is 10.2. The summed E-state index contributed by atoms with van der Waals surface area (Å²) >= 11 is 5.56. The molecule has 0 atom stereocenters. The maximum absolute atomic E-state index is 13.0. The third-order valence-corrected chi connectivity index (χ3v) is 1.81. The summed E-state index contributed by atoms with van der Waals surface area (Å²) in [5.41, 5.74) is 5.06. The number of benzene rings is 1. The quantitative estimate of drug-likeness (QED) is 0.611. The molecular formula is C9H9ClFNO2. The van der Waals surface area contributed by atoms with Crippen LogP contribution in [0.4, 0.5) is 10.1 Å². The second-order valence-corrected chi connectivity index (χ2v) is 3.01. The van der Waals surface area contributed by atoms with Crippen molar-refractivity contribution in [1.82, 2.24) is 0 Å². The van der Waals surface area contributed by atoms with E-state index in [1.807, 2.05) is 0 Å². The largest absolute Gasteiger partial charge is 0.462 e. The lowest BCUT2D eigenvalue weighted by Crippen LogP contribution is -2.09. The van der Waals surface area contributed by atoms with Crippen LogP contribution >= 0.6 is 11.6 Å². The van der Waals surface area contributed by atoms with Crippen molar-refractivity contribution in [3.8, 4) is 0 Å². The van der Waals surface area contributed by atoms with Crippen LogP contribution < -0.4 is 5.73 Å². The predicted octanol–water partition coefficient (Wildman–Crippen LogP) is 2.24. The maximum Gasteiger partial charge on any atom is 0.340 e. The Balaban J connectivity index is 3.13. The minimum absolute atomic E-state index is 0.0446. The molecule has 76 valence electrons. The monoisotopic (exact) mass is 217 g/mol. The highest BCUT2D eigenvalue weighted by Crippen LogP contribution is 2.22. The Morgan fingerprint density at radius 3 is 2.86 bits per heavy atom. The number of halogens is 2. The lowest BCUT2D eigenvalue weighted by Gasteiger charge is -2.06. The molecule has 0 bridgehead atoms. The van der Waals surface area contributed by atoms with Crippen molar-refractivity contribution in [1.29, 1.82) is 0 Å². The van der Waals surface area contributed by atoms with Crippen molar-refractivity contribution < 1.29 is 13.9 Å². The zero-order valence-electron chi connectivity index (χ0n) is 7.51. The molecule has 1 aromatic carbocycles. The van der Waals surface area contributed by atoms with E-state index >= 15 is 0 Å². The fourth-order valence-electron chi connectivity index (χ4n) is 0.962. The van der Waals surface area contributed by atoms with Crippen LogP contribution in [0.3, 0.4) is 0 Å². The Kier molecular flexibility index (Phi) is 3.30. The van der Waals surface area contributed by atoms with Crippen LogP contribution in [0.2, 0.25) is 5.02 Å². The summed E-state index contributed by atoms with van der Waals surface area (Å²) in [4.78, 5) is 11.2. The molecular weight excluding hydrogens is 209 g/mol. The van der Waals surface area contributed by atoms with Gasteiger partial charge in [-0.05, 0) is 19.1 Å². The average molecular weight is 218 g/mol. The SMILES string of the molecule is CCOC(=O)c1cc(Cl)cc(F)c1N. The maximum atomic E-state index is 13.0. The molecule has 0 fully saturated rings. The minimum Gasteiger partial charge on any atom is -0.462 e. The molecule has 0 radical (unpaired) electrons. The van der Waals surface area contributed by atoms with Gasteiger partial charge in [-0.3, -0.25) is 0 Å². The van der Waals surface area contributed by atoms with E-state index < -0.39 is 11.8 Å². The third kappa shape index (κ3) is 2.14. The van der Waals surface area contributed by atoms with E-state index in [9.17, 15) is 9.18 Å². The highest BCUT2D eigenvalue weighted by molar-refractivity contribution is 6.31. The molecule has 0 aliphatic rings. The molecule has 0 amide bonds. The zero-order chi connectivity index (χ0) is 10.7. The van der Waals surface area contributed by atoms with Crippen molar-refractivity contribution in [3.63, 3.8) is 0 Å². The van der Waals surface area contributed by atoms with Crippen LogP contribution in [0.25, 0.3) is 0 Å². The number of hydrogen-bond donors (Lipinski definition) is 1. The highest BCUT2D eigenvalue weighted by atomic mass is 35.5. The van der Waals surface area contributed by atoms with E-state index in [1.54, 1.807) is 6.92 Å². The highest BCUT2D eigenvalue weighted by Gasteiger charge is 2.15. The fourth-order valence-corrected chi connectivity index (χ4v) is 1.17. The van der Waals surface area contributed by atoms with Gasteiger partial charge in [-0.2, -0.15) is 0 Å². The normalized spacial score (nSPS) is 9.93. The summed E-state index contributed by atoms with van der Waals surface area (Å²) in [6, 6.07) is 2.32.